The number of amides is 1. The summed E-state index contributed by atoms with van der Waals surface area (Å²) in [5, 5.41) is 4.48. The van der Waals surface area contributed by atoms with E-state index < -0.39 is 0 Å². The van der Waals surface area contributed by atoms with Gasteiger partial charge in [0.1, 0.15) is 0 Å². The quantitative estimate of drug-likeness (QED) is 0.659. The molecule has 4 heteroatoms. The second-order valence-electron chi connectivity index (χ2n) is 9.48. The summed E-state index contributed by atoms with van der Waals surface area (Å²) >= 11 is 0. The predicted octanol–water partition coefficient (Wildman–Crippen LogP) is 6.02. The van der Waals surface area contributed by atoms with E-state index >= 15 is 0 Å². The summed E-state index contributed by atoms with van der Waals surface area (Å²) in [5.41, 5.74) is 4.10. The van der Waals surface area contributed by atoms with Crippen molar-refractivity contribution in [2.75, 3.05) is 13.1 Å². The molecule has 1 aromatic heterocycles. The Morgan fingerprint density at radius 3 is 2.32 bits per heavy atom. The van der Waals surface area contributed by atoms with Crippen LogP contribution in [0.4, 0.5) is 0 Å². The van der Waals surface area contributed by atoms with Crippen molar-refractivity contribution < 1.29 is 4.79 Å². The molecule has 2 aliphatic rings. The smallest absolute Gasteiger partial charge is 0.252 e. The zero-order valence-electron chi connectivity index (χ0n) is 19.3. The van der Waals surface area contributed by atoms with Gasteiger partial charge in [-0.05, 0) is 25.5 Å². The maximum Gasteiger partial charge on any atom is 0.252 e. The second kappa shape index (κ2) is 11.1. The van der Waals surface area contributed by atoms with Crippen molar-refractivity contribution in [2.45, 2.75) is 96.6 Å². The van der Waals surface area contributed by atoms with Gasteiger partial charge in [-0.2, -0.15) is 0 Å². The molecule has 0 saturated heterocycles. The van der Waals surface area contributed by atoms with Gasteiger partial charge in [-0.25, -0.2) is 0 Å². The lowest BCUT2D eigenvalue weighted by Crippen LogP contribution is -2.38. The zero-order chi connectivity index (χ0) is 21.5. The monoisotopic (exact) mass is 421 g/mol. The van der Waals surface area contributed by atoms with Gasteiger partial charge < -0.3 is 5.32 Å². The van der Waals surface area contributed by atoms with E-state index in [1.54, 1.807) is 0 Å². The Bertz CT molecular complexity index is 866. The Morgan fingerprint density at radius 2 is 1.65 bits per heavy atom. The lowest BCUT2D eigenvalue weighted by molar-refractivity contribution is 0.0930. The summed E-state index contributed by atoms with van der Waals surface area (Å²) in [4.78, 5) is 21.1. The number of nitrogens with zero attached hydrogens (tertiary/aromatic N) is 2. The fourth-order valence-electron chi connectivity index (χ4n) is 5.34. The number of para-hydroxylation sites is 1. The van der Waals surface area contributed by atoms with Crippen molar-refractivity contribution in [1.29, 1.82) is 0 Å². The maximum absolute atomic E-state index is 13.7. The molecule has 4 nitrogen and oxygen atoms in total. The zero-order valence-corrected chi connectivity index (χ0v) is 19.3. The van der Waals surface area contributed by atoms with E-state index in [2.05, 4.69) is 29.3 Å². The number of fused-ring (bicyclic) bond motifs is 2. The van der Waals surface area contributed by atoms with Gasteiger partial charge in [-0.1, -0.05) is 82.9 Å². The minimum atomic E-state index is 0.116. The number of aromatic nitrogens is 1. The number of hydrogen-bond acceptors (Lipinski definition) is 3. The average Bonchev–Trinajstić information content (AvgIpc) is 2.78. The number of carbonyl (C=O) groups is 1. The molecule has 0 bridgehead atoms. The first kappa shape index (κ1) is 22.3. The average molecular weight is 422 g/mol. The molecule has 1 aliphatic carbocycles. The molecule has 1 aliphatic heterocycles. The van der Waals surface area contributed by atoms with Gasteiger partial charge in [0, 0.05) is 42.2 Å². The fourth-order valence-corrected chi connectivity index (χ4v) is 5.34. The van der Waals surface area contributed by atoms with Gasteiger partial charge in [-0.3, -0.25) is 14.7 Å². The third kappa shape index (κ3) is 5.65. The van der Waals surface area contributed by atoms with Crippen LogP contribution in [0.1, 0.15) is 99.2 Å². The number of likely N-dealkylation sites (N-methyl/N-ethyl adjacent to an activating group) is 1. The highest BCUT2D eigenvalue weighted by molar-refractivity contribution is 6.07. The summed E-state index contributed by atoms with van der Waals surface area (Å²) in [6, 6.07) is 8.47. The molecule has 0 spiro atoms. The molecule has 0 unspecified atom stereocenters. The van der Waals surface area contributed by atoms with Crippen LogP contribution in [0.5, 0.6) is 0 Å². The number of carbonyl (C=O) groups excluding carboxylic acids is 1. The summed E-state index contributed by atoms with van der Waals surface area (Å²) in [7, 11) is 0. The molecule has 1 N–H and O–H groups in total. The highest BCUT2D eigenvalue weighted by Gasteiger charge is 2.26. The molecule has 4 rings (SSSR count). The first-order chi connectivity index (χ1) is 15.3. The SMILES string of the molecule is CCN1CCc2nc3ccccc3c(C(=O)NC3CCCCCCCCCCC3)c2C1. The third-order valence-corrected chi connectivity index (χ3v) is 7.24. The van der Waals surface area contributed by atoms with Gasteiger partial charge in [0.15, 0.2) is 0 Å². The molecule has 1 aromatic carbocycles. The number of hydrogen-bond donors (Lipinski definition) is 1. The summed E-state index contributed by atoms with van der Waals surface area (Å²) in [5.74, 6) is 0.116. The highest BCUT2D eigenvalue weighted by atomic mass is 16.1. The van der Waals surface area contributed by atoms with E-state index in [9.17, 15) is 4.79 Å². The van der Waals surface area contributed by atoms with Crippen LogP contribution in [0.25, 0.3) is 10.9 Å². The first-order valence-corrected chi connectivity index (χ1v) is 12.7. The van der Waals surface area contributed by atoms with Crippen LogP contribution in [-0.2, 0) is 13.0 Å². The van der Waals surface area contributed by atoms with Crippen LogP contribution in [0, 0.1) is 0 Å². The predicted molar refractivity (Wildman–Crippen MR) is 128 cm³/mol. The molecule has 0 radical (unpaired) electrons. The largest absolute Gasteiger partial charge is 0.349 e. The number of pyridine rings is 1. The Hall–Kier alpha value is -1.94. The van der Waals surface area contributed by atoms with Gasteiger partial charge >= 0.3 is 0 Å². The Labute approximate surface area is 187 Å². The van der Waals surface area contributed by atoms with Crippen molar-refractivity contribution in [2.24, 2.45) is 0 Å². The molecule has 168 valence electrons. The number of nitrogens with one attached hydrogen (secondary N) is 1. The molecule has 2 heterocycles. The molecule has 31 heavy (non-hydrogen) atoms. The van der Waals surface area contributed by atoms with Crippen molar-refractivity contribution >= 4 is 16.8 Å². The van der Waals surface area contributed by atoms with Crippen molar-refractivity contribution in [1.82, 2.24) is 15.2 Å². The standard InChI is InChI=1S/C27H39N3O/c1-2-30-19-18-25-23(20-30)26(22-16-12-13-17-24(22)29-25)27(31)28-21-14-10-8-6-4-3-5-7-9-11-15-21/h12-13,16-17,21H,2-11,14-15,18-20H2,1H3,(H,28,31). The molecule has 1 amide bonds. The van der Waals surface area contributed by atoms with Crippen LogP contribution < -0.4 is 5.32 Å². The van der Waals surface area contributed by atoms with Crippen molar-refractivity contribution in [3.05, 3.63) is 41.1 Å². The third-order valence-electron chi connectivity index (χ3n) is 7.24. The molecule has 1 fully saturated rings. The maximum atomic E-state index is 13.7. The first-order valence-electron chi connectivity index (χ1n) is 12.7. The second-order valence-corrected chi connectivity index (χ2v) is 9.48. The van der Waals surface area contributed by atoms with E-state index in [0.29, 0.717) is 6.04 Å². The highest BCUT2D eigenvalue weighted by Crippen LogP contribution is 2.28. The molecular weight excluding hydrogens is 382 g/mol. The summed E-state index contributed by atoms with van der Waals surface area (Å²) in [6.45, 7) is 5.07. The van der Waals surface area contributed by atoms with Gasteiger partial charge in [0.05, 0.1) is 11.1 Å². The Balaban J connectivity index is 1.58. The minimum absolute atomic E-state index is 0.116. The van der Waals surface area contributed by atoms with E-state index in [1.807, 2.05) is 12.1 Å². The molecule has 1 saturated carbocycles. The summed E-state index contributed by atoms with van der Waals surface area (Å²) in [6.07, 6.45) is 15.0. The lowest BCUT2D eigenvalue weighted by Gasteiger charge is -2.29. The van der Waals surface area contributed by atoms with Crippen LogP contribution in [-0.4, -0.2) is 34.9 Å². The topological polar surface area (TPSA) is 45.2 Å². The minimum Gasteiger partial charge on any atom is -0.349 e. The van der Waals surface area contributed by atoms with Gasteiger partial charge in [0.2, 0.25) is 0 Å². The number of rotatable bonds is 3. The van der Waals surface area contributed by atoms with E-state index in [-0.39, 0.29) is 5.91 Å². The molecule has 2 aromatic rings. The normalized spacial score (nSPS) is 19.9. The molecular formula is C27H39N3O. The van der Waals surface area contributed by atoms with Gasteiger partial charge in [-0.15, -0.1) is 0 Å². The van der Waals surface area contributed by atoms with E-state index in [4.69, 9.17) is 4.98 Å². The summed E-state index contributed by atoms with van der Waals surface area (Å²) < 4.78 is 0. The van der Waals surface area contributed by atoms with Crippen LogP contribution in [0.2, 0.25) is 0 Å². The van der Waals surface area contributed by atoms with Gasteiger partial charge in [0.25, 0.3) is 5.91 Å². The van der Waals surface area contributed by atoms with Crippen LogP contribution >= 0.6 is 0 Å². The van der Waals surface area contributed by atoms with Crippen LogP contribution in [0.3, 0.4) is 0 Å². The Kier molecular flexibility index (Phi) is 7.96. The lowest BCUT2D eigenvalue weighted by atomic mass is 9.94. The molecule has 0 atom stereocenters. The van der Waals surface area contributed by atoms with E-state index in [1.165, 1.54) is 57.8 Å². The Morgan fingerprint density at radius 1 is 1.00 bits per heavy atom. The van der Waals surface area contributed by atoms with Crippen molar-refractivity contribution in [3.63, 3.8) is 0 Å². The number of benzene rings is 1. The fraction of sp³-hybridized carbons (Fsp3) is 0.630. The van der Waals surface area contributed by atoms with Crippen LogP contribution in [0.15, 0.2) is 24.3 Å². The van der Waals surface area contributed by atoms with E-state index in [0.717, 1.165) is 66.6 Å². The van der Waals surface area contributed by atoms with Crippen molar-refractivity contribution in [3.8, 4) is 0 Å².